The largest absolute Gasteiger partial charge is 0.396 e. The van der Waals surface area contributed by atoms with E-state index in [1.807, 2.05) is 0 Å². The minimum Gasteiger partial charge on any atom is -0.396 e. The summed E-state index contributed by atoms with van der Waals surface area (Å²) in [6, 6.07) is 2.88. The molecule has 1 saturated heterocycles. The molecule has 2 aromatic rings. The van der Waals surface area contributed by atoms with Crippen molar-refractivity contribution in [1.82, 2.24) is 14.1 Å². The number of rotatable bonds is 6. The number of aliphatic hydroxyl groups excluding tert-OH is 1. The zero-order valence-corrected chi connectivity index (χ0v) is 16.1. The number of aliphatic hydroxyl groups is 1. The maximum atomic E-state index is 13.2. The van der Waals surface area contributed by atoms with Crippen molar-refractivity contribution in [2.75, 3.05) is 18.5 Å². The second-order valence-corrected chi connectivity index (χ2v) is 9.00. The molecule has 1 aliphatic rings. The Morgan fingerprint density at radius 3 is 2.92 bits per heavy atom. The highest BCUT2D eigenvalue weighted by Gasteiger charge is 2.36. The minimum atomic E-state index is -3.81. The van der Waals surface area contributed by atoms with Gasteiger partial charge in [-0.3, -0.25) is 9.48 Å². The van der Waals surface area contributed by atoms with Gasteiger partial charge in [0.1, 0.15) is 9.77 Å². The lowest BCUT2D eigenvalue weighted by Crippen LogP contribution is -2.44. The number of amides is 1. The summed E-state index contributed by atoms with van der Waals surface area (Å²) in [4.78, 5) is 12.7. The fourth-order valence-electron chi connectivity index (χ4n) is 3.18. The minimum absolute atomic E-state index is 0.0146. The predicted molar refractivity (Wildman–Crippen MR) is 98.7 cm³/mol. The van der Waals surface area contributed by atoms with E-state index in [0.717, 1.165) is 30.6 Å². The van der Waals surface area contributed by atoms with Crippen LogP contribution in [0.4, 0.5) is 5.82 Å². The molecule has 3 rings (SSSR count). The monoisotopic (exact) mass is 398 g/mol. The first-order chi connectivity index (χ1) is 12.4. The lowest BCUT2D eigenvalue weighted by molar-refractivity contribution is 0.102. The van der Waals surface area contributed by atoms with E-state index >= 15 is 0 Å². The normalized spacial score (nSPS) is 18.8. The van der Waals surface area contributed by atoms with Crippen molar-refractivity contribution in [2.45, 2.75) is 36.6 Å². The van der Waals surface area contributed by atoms with E-state index in [-0.39, 0.29) is 22.4 Å². The number of nitrogens with zero attached hydrogens (tertiary/aromatic N) is 3. The molecule has 10 heteroatoms. The van der Waals surface area contributed by atoms with Gasteiger partial charge in [-0.15, -0.1) is 11.3 Å². The summed E-state index contributed by atoms with van der Waals surface area (Å²) < 4.78 is 29.3. The topological polar surface area (TPSA) is 105 Å². The number of carbonyl (C=O) groups is 1. The Balaban J connectivity index is 1.87. The average Bonchev–Trinajstić information content (AvgIpc) is 3.25. The number of nitrogens with one attached hydrogen (secondary N) is 1. The van der Waals surface area contributed by atoms with E-state index in [1.54, 1.807) is 29.4 Å². The van der Waals surface area contributed by atoms with Crippen molar-refractivity contribution in [3.8, 4) is 0 Å². The SMILES string of the molecule is Cn1ccc(NC(=O)c2sccc2S(=O)(=O)N2CCCC[C@@H]2CCO)n1. The summed E-state index contributed by atoms with van der Waals surface area (Å²) in [5, 5.41) is 17.6. The summed E-state index contributed by atoms with van der Waals surface area (Å²) >= 11 is 1.09. The number of thiophene rings is 1. The van der Waals surface area contributed by atoms with Crippen LogP contribution >= 0.6 is 11.3 Å². The zero-order chi connectivity index (χ0) is 18.7. The maximum absolute atomic E-state index is 13.2. The highest BCUT2D eigenvalue weighted by Crippen LogP contribution is 2.31. The Morgan fingerprint density at radius 1 is 1.42 bits per heavy atom. The molecule has 1 atom stereocenters. The van der Waals surface area contributed by atoms with Gasteiger partial charge in [-0.05, 0) is 30.7 Å². The molecule has 0 radical (unpaired) electrons. The Labute approximate surface area is 156 Å². The molecule has 2 aromatic heterocycles. The molecule has 1 fully saturated rings. The van der Waals surface area contributed by atoms with Gasteiger partial charge >= 0.3 is 0 Å². The van der Waals surface area contributed by atoms with Gasteiger partial charge in [-0.1, -0.05) is 6.42 Å². The standard InChI is InChI=1S/C16H22N4O4S2/c1-19-9-5-14(18-19)17-16(22)15-13(7-11-25-15)26(23,24)20-8-3-2-4-12(20)6-10-21/h5,7,9,11-12,21H,2-4,6,8,10H2,1H3,(H,17,18,22)/t12-/m1/s1. The molecule has 26 heavy (non-hydrogen) atoms. The van der Waals surface area contributed by atoms with Crippen LogP contribution in [0.15, 0.2) is 28.6 Å². The summed E-state index contributed by atoms with van der Waals surface area (Å²) in [5.41, 5.74) is 0. The first-order valence-electron chi connectivity index (χ1n) is 8.44. The molecule has 3 heterocycles. The van der Waals surface area contributed by atoms with Crippen LogP contribution in [0.3, 0.4) is 0 Å². The molecule has 2 N–H and O–H groups in total. The van der Waals surface area contributed by atoms with Crippen LogP contribution in [-0.2, 0) is 17.1 Å². The average molecular weight is 399 g/mol. The fourth-order valence-corrected chi connectivity index (χ4v) is 6.20. The number of aromatic nitrogens is 2. The van der Waals surface area contributed by atoms with Crippen LogP contribution < -0.4 is 5.32 Å². The zero-order valence-electron chi connectivity index (χ0n) is 14.5. The van der Waals surface area contributed by atoms with Crippen molar-refractivity contribution in [3.63, 3.8) is 0 Å². The first kappa shape index (κ1) is 19.0. The van der Waals surface area contributed by atoms with E-state index in [0.29, 0.717) is 18.8 Å². The highest BCUT2D eigenvalue weighted by atomic mass is 32.2. The van der Waals surface area contributed by atoms with E-state index < -0.39 is 15.9 Å². The number of hydrogen-bond acceptors (Lipinski definition) is 6. The van der Waals surface area contributed by atoms with Gasteiger partial charge in [0, 0.05) is 38.5 Å². The van der Waals surface area contributed by atoms with Crippen LogP contribution in [0, 0.1) is 0 Å². The molecule has 0 saturated carbocycles. The fraction of sp³-hybridized carbons (Fsp3) is 0.500. The molecule has 0 spiro atoms. The summed E-state index contributed by atoms with van der Waals surface area (Å²) in [5.74, 6) is -0.127. The van der Waals surface area contributed by atoms with Crippen molar-refractivity contribution >= 4 is 33.1 Å². The molecule has 1 aliphatic heterocycles. The second kappa shape index (κ2) is 7.87. The molecule has 142 valence electrons. The third-order valence-corrected chi connectivity index (χ3v) is 7.45. The molecule has 0 aliphatic carbocycles. The Morgan fingerprint density at radius 2 is 2.23 bits per heavy atom. The molecular formula is C16H22N4O4S2. The predicted octanol–water partition coefficient (Wildman–Crippen LogP) is 1.66. The first-order valence-corrected chi connectivity index (χ1v) is 10.8. The number of hydrogen-bond donors (Lipinski definition) is 2. The smallest absolute Gasteiger partial charge is 0.268 e. The number of sulfonamides is 1. The third kappa shape index (κ3) is 3.83. The lowest BCUT2D eigenvalue weighted by atomic mass is 10.0. The van der Waals surface area contributed by atoms with E-state index in [9.17, 15) is 18.3 Å². The number of piperidine rings is 1. The van der Waals surface area contributed by atoms with Crippen LogP contribution in [-0.4, -0.2) is 52.7 Å². The second-order valence-electron chi connectivity index (χ2n) is 6.22. The van der Waals surface area contributed by atoms with Gasteiger partial charge in [0.15, 0.2) is 5.82 Å². The molecular weight excluding hydrogens is 376 g/mol. The van der Waals surface area contributed by atoms with Crippen LogP contribution in [0.25, 0.3) is 0 Å². The van der Waals surface area contributed by atoms with Gasteiger partial charge in [0.25, 0.3) is 5.91 Å². The molecule has 0 aromatic carbocycles. The Hall–Kier alpha value is -1.75. The van der Waals surface area contributed by atoms with E-state index in [1.165, 1.54) is 10.4 Å². The summed E-state index contributed by atoms with van der Waals surface area (Å²) in [6.07, 6.45) is 4.53. The Kier molecular flexibility index (Phi) is 5.76. The molecule has 8 nitrogen and oxygen atoms in total. The lowest BCUT2D eigenvalue weighted by Gasteiger charge is -2.34. The van der Waals surface area contributed by atoms with Gasteiger partial charge in [0.2, 0.25) is 10.0 Å². The summed E-state index contributed by atoms with van der Waals surface area (Å²) in [6.45, 7) is 0.345. The summed E-state index contributed by atoms with van der Waals surface area (Å²) in [7, 11) is -2.08. The highest BCUT2D eigenvalue weighted by molar-refractivity contribution is 7.89. The van der Waals surface area contributed by atoms with Crippen LogP contribution in [0.5, 0.6) is 0 Å². The van der Waals surface area contributed by atoms with Crippen molar-refractivity contribution in [1.29, 1.82) is 0 Å². The third-order valence-electron chi connectivity index (χ3n) is 4.41. The molecule has 1 amide bonds. The number of aryl methyl sites for hydroxylation is 1. The van der Waals surface area contributed by atoms with Gasteiger partial charge in [0.05, 0.1) is 0 Å². The van der Waals surface area contributed by atoms with E-state index in [4.69, 9.17) is 0 Å². The van der Waals surface area contributed by atoms with Gasteiger partial charge in [-0.25, -0.2) is 8.42 Å². The van der Waals surface area contributed by atoms with Crippen molar-refractivity contribution in [2.24, 2.45) is 7.05 Å². The van der Waals surface area contributed by atoms with Crippen LogP contribution in [0.1, 0.15) is 35.4 Å². The van der Waals surface area contributed by atoms with E-state index in [2.05, 4.69) is 10.4 Å². The van der Waals surface area contributed by atoms with Gasteiger partial charge in [-0.2, -0.15) is 9.40 Å². The number of carbonyl (C=O) groups excluding carboxylic acids is 1. The van der Waals surface area contributed by atoms with Gasteiger partial charge < -0.3 is 10.4 Å². The number of anilines is 1. The van der Waals surface area contributed by atoms with Crippen molar-refractivity contribution in [3.05, 3.63) is 28.6 Å². The Bertz CT molecular complexity index is 872. The molecule has 0 unspecified atom stereocenters. The van der Waals surface area contributed by atoms with Crippen LogP contribution in [0.2, 0.25) is 0 Å². The van der Waals surface area contributed by atoms with Crippen molar-refractivity contribution < 1.29 is 18.3 Å². The molecule has 0 bridgehead atoms. The quantitative estimate of drug-likeness (QED) is 0.770. The maximum Gasteiger partial charge on any atom is 0.268 e.